The second-order valence-electron chi connectivity index (χ2n) is 18.2. The average Bonchev–Trinajstić information content (AvgIpc) is 3.24. The highest BCUT2D eigenvalue weighted by molar-refractivity contribution is 5.80. The molecule has 0 spiro atoms. The van der Waals surface area contributed by atoms with Crippen molar-refractivity contribution in [1.29, 1.82) is 0 Å². The van der Waals surface area contributed by atoms with E-state index in [0.29, 0.717) is 0 Å². The zero-order valence-electron chi connectivity index (χ0n) is 39.6. The topological polar surface area (TPSA) is 321 Å². The first-order valence-corrected chi connectivity index (χ1v) is 23.4. The van der Waals surface area contributed by atoms with E-state index in [1.165, 1.54) is 7.11 Å². The number of aliphatic hydroxyl groups excluding tert-OH is 9. The minimum Gasteiger partial charge on any atom is -0.462 e. The van der Waals surface area contributed by atoms with E-state index in [1.54, 1.807) is 68.5 Å². The maximum absolute atomic E-state index is 13.8. The molecule has 19 nitrogen and oxygen atoms in total. The number of fused-ring (bicyclic) bond motifs is 2. The number of hydrogen-bond donors (Lipinski definition) is 12. The van der Waals surface area contributed by atoms with Gasteiger partial charge in [-0.3, -0.25) is 9.59 Å². The molecule has 0 aliphatic carbocycles. The molecule has 2 fully saturated rings. The van der Waals surface area contributed by atoms with Gasteiger partial charge in [-0.1, -0.05) is 92.0 Å². The number of ether oxygens (including phenoxy) is 5. The zero-order chi connectivity index (χ0) is 50.4. The highest BCUT2D eigenvalue weighted by Crippen LogP contribution is 2.38. The van der Waals surface area contributed by atoms with Crippen LogP contribution in [0.25, 0.3) is 0 Å². The summed E-state index contributed by atoms with van der Waals surface area (Å²) in [6.45, 7) is 5.05. The number of methoxy groups -OCH3 is 1. The Bertz CT molecular complexity index is 1710. The molecule has 0 aromatic rings. The Morgan fingerprint density at radius 3 is 1.97 bits per heavy atom. The van der Waals surface area contributed by atoms with Crippen molar-refractivity contribution in [2.45, 2.75) is 176 Å². The number of esters is 1. The van der Waals surface area contributed by atoms with E-state index in [1.807, 2.05) is 37.3 Å². The summed E-state index contributed by atoms with van der Waals surface area (Å²) < 4.78 is 28.5. The van der Waals surface area contributed by atoms with Gasteiger partial charge in [0.15, 0.2) is 12.1 Å². The van der Waals surface area contributed by atoms with E-state index in [-0.39, 0.29) is 51.2 Å². The van der Waals surface area contributed by atoms with E-state index in [2.05, 4.69) is 5.32 Å². The van der Waals surface area contributed by atoms with E-state index >= 15 is 0 Å². The van der Waals surface area contributed by atoms with Crippen LogP contribution in [0.4, 0.5) is 0 Å². The van der Waals surface area contributed by atoms with Gasteiger partial charge in [0, 0.05) is 51.2 Å². The highest BCUT2D eigenvalue weighted by Gasteiger charge is 2.50. The molecule has 3 aliphatic rings. The van der Waals surface area contributed by atoms with Gasteiger partial charge in [0.1, 0.15) is 12.2 Å². The fourth-order valence-electron chi connectivity index (χ4n) is 8.14. The number of nitrogens with one attached hydrogen (secondary N) is 1. The molecule has 1 amide bonds. The van der Waals surface area contributed by atoms with Crippen molar-refractivity contribution in [2.24, 2.45) is 17.6 Å². The molecule has 3 heterocycles. The predicted octanol–water partition coefficient (Wildman–Crippen LogP) is 0.144. The summed E-state index contributed by atoms with van der Waals surface area (Å²) in [6.07, 6.45) is 5.74. The minimum absolute atomic E-state index is 0.0933. The Morgan fingerprint density at radius 2 is 1.35 bits per heavy atom. The maximum Gasteiger partial charge on any atom is 0.308 e. The van der Waals surface area contributed by atoms with Gasteiger partial charge >= 0.3 is 5.97 Å². The predicted molar refractivity (Wildman–Crippen MR) is 250 cm³/mol. The second-order valence-corrected chi connectivity index (χ2v) is 18.2. The van der Waals surface area contributed by atoms with Crippen LogP contribution in [0.5, 0.6) is 0 Å². The van der Waals surface area contributed by atoms with E-state index < -0.39 is 141 Å². The first kappa shape index (κ1) is 58.8. The first-order valence-electron chi connectivity index (χ1n) is 23.4. The summed E-state index contributed by atoms with van der Waals surface area (Å²) >= 11 is 0. The second kappa shape index (κ2) is 30.3. The van der Waals surface area contributed by atoms with Gasteiger partial charge in [-0.15, -0.1) is 0 Å². The highest BCUT2D eigenvalue weighted by atomic mass is 16.7. The van der Waals surface area contributed by atoms with Crippen LogP contribution in [-0.4, -0.2) is 181 Å². The molecular weight excluding hydrogens is 889 g/mol. The SMILES string of the molecule is COCC(C)NC(=O)C1[C@@H]2CC(O[C@@H]3OC[C@@H](O)[C@H](N)[C@@H]3O)/C=C/C=C/C=C/C=C/C=C/C=C/C=C/[C@H](C)[C@@H](O)C[C@H](C)OC(=O)CC(O)CC(O)CCC(O)C(O)CC(O)CC(O)(C[C@@H]1O)O2. The van der Waals surface area contributed by atoms with Crippen molar-refractivity contribution >= 4 is 11.9 Å². The fourth-order valence-corrected chi connectivity index (χ4v) is 8.14. The lowest BCUT2D eigenvalue weighted by molar-refractivity contribution is -0.304. The largest absolute Gasteiger partial charge is 0.462 e. The molecule has 0 aromatic carbocycles. The molecule has 2 saturated heterocycles. The van der Waals surface area contributed by atoms with Crippen LogP contribution < -0.4 is 11.1 Å². The number of allylic oxidation sites excluding steroid dienone is 12. The number of carbonyl (C=O) groups excluding carboxylic acids is 2. The monoisotopic (exact) mass is 967 g/mol. The number of rotatable bonds is 6. The van der Waals surface area contributed by atoms with Crippen LogP contribution in [0.2, 0.25) is 0 Å². The van der Waals surface area contributed by atoms with Gasteiger partial charge in [0.05, 0.1) is 92.6 Å². The van der Waals surface area contributed by atoms with Gasteiger partial charge in [-0.25, -0.2) is 0 Å². The van der Waals surface area contributed by atoms with Crippen LogP contribution in [0, 0.1) is 11.8 Å². The van der Waals surface area contributed by atoms with Crippen molar-refractivity contribution in [3.63, 3.8) is 0 Å². The lowest BCUT2D eigenvalue weighted by atomic mass is 9.82. The molecule has 386 valence electrons. The molecule has 68 heavy (non-hydrogen) atoms. The number of aliphatic hydroxyl groups is 10. The van der Waals surface area contributed by atoms with Gasteiger partial charge in [0.2, 0.25) is 5.91 Å². The van der Waals surface area contributed by atoms with Crippen molar-refractivity contribution in [1.82, 2.24) is 5.32 Å². The lowest BCUT2D eigenvalue weighted by Crippen LogP contribution is -2.60. The van der Waals surface area contributed by atoms with Crippen molar-refractivity contribution in [3.05, 3.63) is 85.1 Å². The molecule has 0 radical (unpaired) electrons. The van der Waals surface area contributed by atoms with Crippen LogP contribution in [0.1, 0.15) is 78.6 Å². The molecule has 3 aliphatic heterocycles. The van der Waals surface area contributed by atoms with Crippen LogP contribution >= 0.6 is 0 Å². The van der Waals surface area contributed by atoms with Gasteiger partial charge < -0.3 is 85.8 Å². The zero-order valence-corrected chi connectivity index (χ0v) is 39.6. The van der Waals surface area contributed by atoms with E-state index in [9.17, 15) is 60.7 Å². The molecule has 19 heteroatoms. The Balaban J connectivity index is 1.91. The van der Waals surface area contributed by atoms with Gasteiger partial charge in [0.25, 0.3) is 0 Å². The minimum atomic E-state index is -2.27. The van der Waals surface area contributed by atoms with Crippen molar-refractivity contribution in [3.8, 4) is 0 Å². The quantitative estimate of drug-likeness (QED) is 0.158. The summed E-state index contributed by atoms with van der Waals surface area (Å²) in [5.41, 5.74) is 6.01. The van der Waals surface area contributed by atoms with Crippen LogP contribution in [0.15, 0.2) is 85.1 Å². The molecule has 13 N–H and O–H groups in total. The standard InChI is InChI=1S/C49H78N2O17/c1-30-17-15-13-11-9-7-5-6-8-10-12-14-16-18-36(67-48-46(61)45(50)41(59)29-65-48)25-42-44(47(62)51-31(2)28-64-4)40(58)27-49(63,68-42)26-35(54)23-39(57)37(55)20-19-33(52)22-34(53)24-43(60)66-32(3)21-38(30)56/h5-18,30-42,44-46,48,52-59,61,63H,19-29,50H2,1-4H3,(H,51,62)/b6-5+,9-7+,10-8+,13-11+,14-12+,17-15+,18-16+/t30-,31?,32-,33?,34?,35?,36?,37?,38-,39?,40-,41+,42-,44?,45-,46-,48-,49?/m0/s1. The fraction of sp³-hybridized carbons (Fsp3) is 0.673. The number of amides is 1. The Kier molecular flexibility index (Phi) is 26.2. The van der Waals surface area contributed by atoms with Gasteiger partial charge in [-0.2, -0.15) is 0 Å². The summed E-state index contributed by atoms with van der Waals surface area (Å²) in [7, 11) is 1.46. The molecule has 3 rings (SSSR count). The third kappa shape index (κ3) is 21.3. The number of cyclic esters (lactones) is 1. The number of hydrogen-bond acceptors (Lipinski definition) is 18. The van der Waals surface area contributed by atoms with Crippen molar-refractivity contribution in [2.75, 3.05) is 20.3 Å². The molecule has 18 atom stereocenters. The molecule has 2 bridgehead atoms. The molecule has 0 aromatic heterocycles. The van der Waals surface area contributed by atoms with E-state index in [0.717, 1.165) is 0 Å². The molecule has 9 unspecified atom stereocenters. The first-order chi connectivity index (χ1) is 32.2. The summed E-state index contributed by atoms with van der Waals surface area (Å²) in [6, 6.07) is -1.60. The summed E-state index contributed by atoms with van der Waals surface area (Å²) in [4.78, 5) is 26.3. The van der Waals surface area contributed by atoms with Gasteiger partial charge in [-0.05, 0) is 33.1 Å². The number of nitrogens with two attached hydrogens (primary N) is 1. The van der Waals surface area contributed by atoms with Crippen LogP contribution in [-0.2, 0) is 33.3 Å². The maximum atomic E-state index is 13.8. The Hall–Kier alpha value is -3.48. The average molecular weight is 967 g/mol. The van der Waals surface area contributed by atoms with E-state index in [4.69, 9.17) is 29.4 Å². The lowest BCUT2D eigenvalue weighted by Gasteiger charge is -2.46. The molecular formula is C49H78N2O17. The molecule has 0 saturated carbocycles. The smallest absolute Gasteiger partial charge is 0.308 e. The third-order valence-electron chi connectivity index (χ3n) is 11.9. The Labute approximate surface area is 399 Å². The summed E-state index contributed by atoms with van der Waals surface area (Å²) in [5, 5.41) is 112. The third-order valence-corrected chi connectivity index (χ3v) is 11.9. The summed E-state index contributed by atoms with van der Waals surface area (Å²) in [5.74, 6) is -5.18. The van der Waals surface area contributed by atoms with Crippen molar-refractivity contribution < 1.29 is 84.3 Å². The number of carbonyl (C=O) groups is 2. The van der Waals surface area contributed by atoms with Crippen LogP contribution in [0.3, 0.4) is 0 Å². The Morgan fingerprint density at radius 1 is 0.750 bits per heavy atom. The normalized spacial score (nSPS) is 42.2.